The molecule has 0 spiro atoms. The van der Waals surface area contributed by atoms with Crippen LogP contribution in [0, 0.1) is 5.92 Å². The second kappa shape index (κ2) is 14.4. The number of halogens is 2. The Kier molecular flexibility index (Phi) is 13.1. The van der Waals surface area contributed by atoms with Gasteiger partial charge in [0.05, 0.1) is 19.1 Å². The lowest BCUT2D eigenvalue weighted by atomic mass is 10.1. The fourth-order valence-electron chi connectivity index (χ4n) is 4.34. The molecule has 2 saturated heterocycles. The van der Waals surface area contributed by atoms with E-state index in [0.717, 1.165) is 39.4 Å². The summed E-state index contributed by atoms with van der Waals surface area (Å²) >= 11 is 0. The Labute approximate surface area is 187 Å². The summed E-state index contributed by atoms with van der Waals surface area (Å²) < 4.78 is 5.35. The van der Waals surface area contributed by atoms with Crippen LogP contribution in [-0.4, -0.2) is 86.7 Å². The fourth-order valence-corrected chi connectivity index (χ4v) is 4.34. The van der Waals surface area contributed by atoms with E-state index in [4.69, 9.17) is 4.74 Å². The first kappa shape index (κ1) is 26.4. The summed E-state index contributed by atoms with van der Waals surface area (Å²) in [6.45, 7) is 7.01. The Morgan fingerprint density at radius 1 is 1.00 bits per heavy atom. The molecule has 29 heavy (non-hydrogen) atoms. The van der Waals surface area contributed by atoms with E-state index in [0.29, 0.717) is 32.1 Å². The van der Waals surface area contributed by atoms with E-state index >= 15 is 0 Å². The van der Waals surface area contributed by atoms with Crippen LogP contribution in [0.2, 0.25) is 0 Å². The van der Waals surface area contributed by atoms with Gasteiger partial charge in [-0.15, -0.1) is 24.8 Å². The van der Waals surface area contributed by atoms with E-state index in [9.17, 15) is 9.59 Å². The summed E-state index contributed by atoms with van der Waals surface area (Å²) in [5.41, 5.74) is 0. The van der Waals surface area contributed by atoms with E-state index in [-0.39, 0.29) is 42.5 Å². The number of carbonyl (C=O) groups is 2. The smallest absolute Gasteiger partial charge is 0.225 e. The number of hydrogen-bond acceptors (Lipinski definition) is 5. The lowest BCUT2D eigenvalue weighted by Gasteiger charge is -2.28. The maximum Gasteiger partial charge on any atom is 0.225 e. The van der Waals surface area contributed by atoms with Crippen LogP contribution in [0.4, 0.5) is 0 Å². The van der Waals surface area contributed by atoms with Crippen molar-refractivity contribution in [3.05, 3.63) is 0 Å². The maximum atomic E-state index is 12.4. The lowest BCUT2D eigenvalue weighted by molar-refractivity contribution is -0.129. The van der Waals surface area contributed by atoms with Crippen LogP contribution >= 0.6 is 24.8 Å². The Balaban J connectivity index is 0.00000210. The van der Waals surface area contributed by atoms with Gasteiger partial charge in [-0.1, -0.05) is 25.7 Å². The SMILES string of the molecule is Cl.Cl.O=C(NCCNC1CCCCCC1)C1CC(=O)N(CCN2CCOCC2)C1. The number of rotatable bonds is 8. The summed E-state index contributed by atoms with van der Waals surface area (Å²) in [6, 6.07) is 0.605. The van der Waals surface area contributed by atoms with Gasteiger partial charge in [0.15, 0.2) is 0 Å². The summed E-state index contributed by atoms with van der Waals surface area (Å²) in [7, 11) is 0. The molecule has 3 rings (SSSR count). The second-order valence-electron chi connectivity index (χ2n) is 8.13. The predicted molar refractivity (Wildman–Crippen MR) is 119 cm³/mol. The lowest BCUT2D eigenvalue weighted by Crippen LogP contribution is -2.42. The normalized spacial score (nSPS) is 23.8. The average Bonchev–Trinajstić information content (AvgIpc) is 2.89. The van der Waals surface area contributed by atoms with Crippen molar-refractivity contribution >= 4 is 36.6 Å². The van der Waals surface area contributed by atoms with Crippen molar-refractivity contribution in [3.8, 4) is 0 Å². The number of amides is 2. The first-order chi connectivity index (χ1) is 13.2. The Hall–Kier alpha value is -0.600. The van der Waals surface area contributed by atoms with E-state index in [1.54, 1.807) is 0 Å². The van der Waals surface area contributed by atoms with Crippen molar-refractivity contribution < 1.29 is 14.3 Å². The van der Waals surface area contributed by atoms with Gasteiger partial charge in [-0.2, -0.15) is 0 Å². The van der Waals surface area contributed by atoms with E-state index < -0.39 is 0 Å². The number of nitrogens with zero attached hydrogens (tertiary/aromatic N) is 2. The van der Waals surface area contributed by atoms with Gasteiger partial charge in [0.25, 0.3) is 0 Å². The van der Waals surface area contributed by atoms with E-state index in [1.807, 2.05) is 4.90 Å². The zero-order chi connectivity index (χ0) is 18.9. The molecule has 9 heteroatoms. The standard InChI is InChI=1S/C20H36N4O3.2ClH/c25-19-15-17(16-24(19)10-9-23-11-13-27-14-12-23)20(26)22-8-7-21-18-5-3-1-2-4-6-18;;/h17-18,21H,1-16H2,(H,22,26);2*1H. The molecule has 2 amide bonds. The van der Waals surface area contributed by atoms with Crippen LogP contribution in [0.15, 0.2) is 0 Å². The average molecular weight is 453 g/mol. The minimum atomic E-state index is -0.194. The quantitative estimate of drug-likeness (QED) is 0.430. The Bertz CT molecular complexity index is 484. The summed E-state index contributed by atoms with van der Waals surface area (Å²) in [4.78, 5) is 28.8. The van der Waals surface area contributed by atoms with Gasteiger partial charge in [0.2, 0.25) is 11.8 Å². The molecule has 1 saturated carbocycles. The van der Waals surface area contributed by atoms with Gasteiger partial charge >= 0.3 is 0 Å². The molecular formula is C20H38Cl2N4O3. The van der Waals surface area contributed by atoms with Crippen LogP contribution < -0.4 is 10.6 Å². The number of nitrogens with one attached hydrogen (secondary N) is 2. The van der Waals surface area contributed by atoms with Gasteiger partial charge in [0.1, 0.15) is 0 Å². The molecule has 3 fully saturated rings. The molecule has 0 radical (unpaired) electrons. The Morgan fingerprint density at radius 3 is 2.38 bits per heavy atom. The van der Waals surface area contributed by atoms with Gasteiger partial charge < -0.3 is 20.3 Å². The molecule has 1 atom stereocenters. The summed E-state index contributed by atoms with van der Waals surface area (Å²) in [5, 5.41) is 6.59. The largest absolute Gasteiger partial charge is 0.379 e. The highest BCUT2D eigenvalue weighted by molar-refractivity contribution is 5.89. The number of ether oxygens (including phenoxy) is 1. The van der Waals surface area contributed by atoms with Crippen molar-refractivity contribution in [2.24, 2.45) is 5.92 Å². The molecule has 0 bridgehead atoms. The molecule has 0 aromatic rings. The molecule has 0 aromatic heterocycles. The molecule has 2 aliphatic heterocycles. The zero-order valence-electron chi connectivity index (χ0n) is 17.4. The molecule has 0 aromatic carbocycles. The molecular weight excluding hydrogens is 415 g/mol. The summed E-state index contributed by atoms with van der Waals surface area (Å²) in [5.74, 6) is -0.0556. The number of morpholine rings is 1. The van der Waals surface area contributed by atoms with Crippen LogP contribution in [0.1, 0.15) is 44.9 Å². The van der Waals surface area contributed by atoms with Gasteiger partial charge in [0, 0.05) is 58.3 Å². The molecule has 3 aliphatic rings. The molecule has 1 unspecified atom stereocenters. The highest BCUT2D eigenvalue weighted by Gasteiger charge is 2.34. The third kappa shape index (κ3) is 8.97. The van der Waals surface area contributed by atoms with Crippen LogP contribution in [-0.2, 0) is 14.3 Å². The monoisotopic (exact) mass is 452 g/mol. The van der Waals surface area contributed by atoms with Crippen LogP contribution in [0.5, 0.6) is 0 Å². The number of carbonyl (C=O) groups excluding carboxylic acids is 2. The minimum absolute atomic E-state index is 0. The van der Waals surface area contributed by atoms with Gasteiger partial charge in [-0.25, -0.2) is 0 Å². The topological polar surface area (TPSA) is 73.9 Å². The van der Waals surface area contributed by atoms with Crippen molar-refractivity contribution in [1.29, 1.82) is 0 Å². The second-order valence-corrected chi connectivity index (χ2v) is 8.13. The molecule has 7 nitrogen and oxygen atoms in total. The van der Waals surface area contributed by atoms with Crippen LogP contribution in [0.3, 0.4) is 0 Å². The third-order valence-electron chi connectivity index (χ3n) is 6.09. The molecule has 2 N–H and O–H groups in total. The first-order valence-electron chi connectivity index (χ1n) is 10.8. The minimum Gasteiger partial charge on any atom is -0.379 e. The molecule has 2 heterocycles. The first-order valence-corrected chi connectivity index (χ1v) is 10.8. The number of hydrogen-bond donors (Lipinski definition) is 2. The number of likely N-dealkylation sites (tertiary alicyclic amines) is 1. The van der Waals surface area contributed by atoms with Gasteiger partial charge in [-0.3, -0.25) is 14.5 Å². The van der Waals surface area contributed by atoms with Crippen molar-refractivity contribution in [3.63, 3.8) is 0 Å². The van der Waals surface area contributed by atoms with E-state index in [2.05, 4.69) is 15.5 Å². The summed E-state index contributed by atoms with van der Waals surface area (Å²) in [6.07, 6.45) is 8.19. The molecule has 170 valence electrons. The third-order valence-corrected chi connectivity index (χ3v) is 6.09. The fraction of sp³-hybridized carbons (Fsp3) is 0.900. The van der Waals surface area contributed by atoms with Crippen molar-refractivity contribution in [1.82, 2.24) is 20.4 Å². The van der Waals surface area contributed by atoms with Crippen LogP contribution in [0.25, 0.3) is 0 Å². The zero-order valence-corrected chi connectivity index (χ0v) is 19.0. The van der Waals surface area contributed by atoms with Crippen molar-refractivity contribution in [2.45, 2.75) is 51.0 Å². The van der Waals surface area contributed by atoms with Crippen molar-refractivity contribution in [2.75, 3.05) is 59.0 Å². The van der Waals surface area contributed by atoms with E-state index in [1.165, 1.54) is 38.5 Å². The molecule has 1 aliphatic carbocycles. The Morgan fingerprint density at radius 2 is 1.69 bits per heavy atom. The van der Waals surface area contributed by atoms with Gasteiger partial charge in [-0.05, 0) is 12.8 Å². The maximum absolute atomic E-state index is 12.4. The highest BCUT2D eigenvalue weighted by atomic mass is 35.5. The predicted octanol–water partition coefficient (Wildman–Crippen LogP) is 1.44. The highest BCUT2D eigenvalue weighted by Crippen LogP contribution is 2.18.